The smallest absolute Gasteiger partial charge is 0.247 e. The molecule has 0 aliphatic carbocycles. The minimum atomic E-state index is 0.134. The van der Waals surface area contributed by atoms with Crippen LogP contribution < -0.4 is 4.90 Å². The summed E-state index contributed by atoms with van der Waals surface area (Å²) in [6.07, 6.45) is 4.10. The average Bonchev–Trinajstić information content (AvgIpc) is 2.99. The third kappa shape index (κ3) is 3.01. The van der Waals surface area contributed by atoms with Crippen LogP contribution in [0.3, 0.4) is 0 Å². The number of para-hydroxylation sites is 3. The lowest BCUT2D eigenvalue weighted by atomic mass is 9.96. The number of aromatic nitrogens is 2. The maximum absolute atomic E-state index is 13.3. The number of amides is 1. The van der Waals surface area contributed by atoms with Gasteiger partial charge in [-0.2, -0.15) is 11.8 Å². The number of fused-ring (bicyclic) bond motifs is 2. The van der Waals surface area contributed by atoms with Crippen molar-refractivity contribution in [3.8, 4) is 0 Å². The predicted octanol–water partition coefficient (Wildman–Crippen LogP) is 4.27. The molecule has 0 spiro atoms. The Balaban J connectivity index is 1.71. The summed E-state index contributed by atoms with van der Waals surface area (Å²) >= 11 is 1.73. The minimum absolute atomic E-state index is 0.134. The van der Waals surface area contributed by atoms with E-state index in [4.69, 9.17) is 4.98 Å². The van der Waals surface area contributed by atoms with Crippen molar-refractivity contribution in [2.75, 3.05) is 11.2 Å². The van der Waals surface area contributed by atoms with Crippen molar-refractivity contribution in [1.82, 2.24) is 9.55 Å². The highest BCUT2D eigenvalue weighted by Gasteiger charge is 2.28. The molecular formula is C21H23N3OS. The van der Waals surface area contributed by atoms with E-state index in [1.165, 1.54) is 5.56 Å². The molecule has 0 N–H and O–H groups in total. The van der Waals surface area contributed by atoms with Crippen molar-refractivity contribution in [1.29, 1.82) is 0 Å². The fourth-order valence-corrected chi connectivity index (χ4v) is 4.30. The molecule has 26 heavy (non-hydrogen) atoms. The summed E-state index contributed by atoms with van der Waals surface area (Å²) in [4.78, 5) is 20.0. The first kappa shape index (κ1) is 17.2. The Kier molecular flexibility index (Phi) is 4.72. The number of hydrogen-bond acceptors (Lipinski definition) is 3. The van der Waals surface area contributed by atoms with Gasteiger partial charge in [-0.3, -0.25) is 4.79 Å². The number of imidazole rings is 1. The molecule has 0 bridgehead atoms. The second-order valence-electron chi connectivity index (χ2n) is 6.82. The lowest BCUT2D eigenvalue weighted by molar-refractivity contribution is -0.119. The summed E-state index contributed by atoms with van der Waals surface area (Å²) in [7, 11) is 0. The van der Waals surface area contributed by atoms with Crippen LogP contribution in [-0.2, 0) is 23.5 Å². The summed E-state index contributed by atoms with van der Waals surface area (Å²) in [5.74, 6) is 1.90. The Morgan fingerprint density at radius 2 is 1.96 bits per heavy atom. The maximum atomic E-state index is 13.3. The molecule has 1 atom stereocenters. The first-order chi connectivity index (χ1) is 12.7. The Bertz CT molecular complexity index is 949. The lowest BCUT2D eigenvalue weighted by Gasteiger charge is -2.35. The van der Waals surface area contributed by atoms with E-state index in [2.05, 4.69) is 35.9 Å². The molecule has 0 fully saturated rings. The molecule has 1 aromatic heterocycles. The molecule has 5 heteroatoms. The predicted molar refractivity (Wildman–Crippen MR) is 109 cm³/mol. The Labute approximate surface area is 158 Å². The number of carbonyl (C=O) groups is 1. The second kappa shape index (κ2) is 7.16. The second-order valence-corrected chi connectivity index (χ2v) is 7.68. The first-order valence-corrected chi connectivity index (χ1v) is 10.4. The van der Waals surface area contributed by atoms with Crippen LogP contribution in [0.15, 0.2) is 48.5 Å². The van der Waals surface area contributed by atoms with E-state index < -0.39 is 0 Å². The third-order valence-electron chi connectivity index (χ3n) is 5.09. The van der Waals surface area contributed by atoms with Crippen LogP contribution in [0.4, 0.5) is 5.69 Å². The lowest BCUT2D eigenvalue weighted by Crippen LogP contribution is -2.43. The van der Waals surface area contributed by atoms with Crippen LogP contribution in [-0.4, -0.2) is 27.8 Å². The highest BCUT2D eigenvalue weighted by molar-refractivity contribution is 7.97. The van der Waals surface area contributed by atoms with Gasteiger partial charge in [-0.15, -0.1) is 0 Å². The minimum Gasteiger partial charge on any atom is -0.318 e. The standard InChI is InChI=1S/C21H23N3OS/c1-15-11-12-16-7-3-5-9-18(16)24(15)21(25)13-23-19-10-6-4-8-17(19)22-20(23)14-26-2/h3-10,15H,11-14H2,1-2H3. The average molecular weight is 366 g/mol. The van der Waals surface area contributed by atoms with Crippen molar-refractivity contribution in [3.63, 3.8) is 0 Å². The van der Waals surface area contributed by atoms with Crippen LogP contribution in [0.5, 0.6) is 0 Å². The molecule has 2 heterocycles. The number of thioether (sulfide) groups is 1. The third-order valence-corrected chi connectivity index (χ3v) is 5.64. The van der Waals surface area contributed by atoms with Gasteiger partial charge in [0.25, 0.3) is 0 Å². The van der Waals surface area contributed by atoms with Gasteiger partial charge in [-0.1, -0.05) is 30.3 Å². The zero-order chi connectivity index (χ0) is 18.1. The van der Waals surface area contributed by atoms with E-state index in [1.807, 2.05) is 35.2 Å². The van der Waals surface area contributed by atoms with Crippen molar-refractivity contribution in [3.05, 3.63) is 59.9 Å². The largest absolute Gasteiger partial charge is 0.318 e. The van der Waals surface area contributed by atoms with E-state index in [9.17, 15) is 4.79 Å². The van der Waals surface area contributed by atoms with Gasteiger partial charge in [-0.05, 0) is 49.8 Å². The van der Waals surface area contributed by atoms with Gasteiger partial charge >= 0.3 is 0 Å². The van der Waals surface area contributed by atoms with Gasteiger partial charge in [0.05, 0.1) is 16.8 Å². The summed E-state index contributed by atoms with van der Waals surface area (Å²) in [5, 5.41) is 0. The molecule has 1 aliphatic rings. The van der Waals surface area contributed by atoms with E-state index in [0.29, 0.717) is 6.54 Å². The van der Waals surface area contributed by atoms with Crippen molar-refractivity contribution in [2.24, 2.45) is 0 Å². The van der Waals surface area contributed by atoms with E-state index in [1.54, 1.807) is 11.8 Å². The van der Waals surface area contributed by atoms with Crippen LogP contribution in [0.2, 0.25) is 0 Å². The fraction of sp³-hybridized carbons (Fsp3) is 0.333. The van der Waals surface area contributed by atoms with Gasteiger partial charge in [0, 0.05) is 11.7 Å². The van der Waals surface area contributed by atoms with E-state index >= 15 is 0 Å². The summed E-state index contributed by atoms with van der Waals surface area (Å²) in [5.41, 5.74) is 4.31. The number of rotatable bonds is 4. The number of benzene rings is 2. The Hall–Kier alpha value is -2.27. The normalized spacial score (nSPS) is 16.7. The Morgan fingerprint density at radius 1 is 1.19 bits per heavy atom. The molecule has 1 aliphatic heterocycles. The van der Waals surface area contributed by atoms with Gasteiger partial charge < -0.3 is 9.47 Å². The SMILES string of the molecule is CSCc1nc2ccccc2n1CC(=O)N1c2ccccc2CCC1C. The summed E-state index contributed by atoms with van der Waals surface area (Å²) in [6, 6.07) is 16.5. The number of nitrogens with zero attached hydrogens (tertiary/aromatic N) is 3. The monoisotopic (exact) mass is 365 g/mol. The molecule has 1 amide bonds. The van der Waals surface area contributed by atoms with Gasteiger partial charge in [0.1, 0.15) is 12.4 Å². The molecule has 0 saturated heterocycles. The fourth-order valence-electron chi connectivity index (χ4n) is 3.82. The highest BCUT2D eigenvalue weighted by Crippen LogP contribution is 2.31. The maximum Gasteiger partial charge on any atom is 0.247 e. The molecule has 1 unspecified atom stereocenters. The van der Waals surface area contributed by atoms with E-state index in [-0.39, 0.29) is 11.9 Å². The number of hydrogen-bond donors (Lipinski definition) is 0. The highest BCUT2D eigenvalue weighted by atomic mass is 32.2. The molecule has 134 valence electrons. The number of aryl methyl sites for hydroxylation is 1. The first-order valence-electron chi connectivity index (χ1n) is 9.02. The molecular weight excluding hydrogens is 342 g/mol. The van der Waals surface area contributed by atoms with Crippen molar-refractivity contribution < 1.29 is 4.79 Å². The molecule has 4 nitrogen and oxygen atoms in total. The van der Waals surface area contributed by atoms with Crippen LogP contribution in [0.1, 0.15) is 24.7 Å². The summed E-state index contributed by atoms with van der Waals surface area (Å²) < 4.78 is 2.08. The van der Waals surface area contributed by atoms with Gasteiger partial charge in [0.2, 0.25) is 5.91 Å². The summed E-state index contributed by atoms with van der Waals surface area (Å²) in [6.45, 7) is 2.47. The quantitative estimate of drug-likeness (QED) is 0.693. The topological polar surface area (TPSA) is 38.1 Å². The zero-order valence-electron chi connectivity index (χ0n) is 15.2. The molecule has 0 radical (unpaired) electrons. The van der Waals surface area contributed by atoms with Crippen molar-refractivity contribution >= 4 is 34.4 Å². The van der Waals surface area contributed by atoms with Crippen LogP contribution >= 0.6 is 11.8 Å². The van der Waals surface area contributed by atoms with Crippen LogP contribution in [0.25, 0.3) is 11.0 Å². The number of carbonyl (C=O) groups excluding carboxylic acids is 1. The molecule has 2 aromatic carbocycles. The van der Waals surface area contributed by atoms with Crippen molar-refractivity contribution in [2.45, 2.75) is 38.1 Å². The van der Waals surface area contributed by atoms with E-state index in [0.717, 1.165) is 41.1 Å². The molecule has 4 rings (SSSR count). The Morgan fingerprint density at radius 3 is 2.81 bits per heavy atom. The molecule has 0 saturated carbocycles. The van der Waals surface area contributed by atoms with Gasteiger partial charge in [0.15, 0.2) is 0 Å². The van der Waals surface area contributed by atoms with Gasteiger partial charge in [-0.25, -0.2) is 4.98 Å². The number of anilines is 1. The molecule has 3 aromatic rings. The zero-order valence-corrected chi connectivity index (χ0v) is 16.0. The van der Waals surface area contributed by atoms with Crippen LogP contribution in [0, 0.1) is 0 Å².